The lowest BCUT2D eigenvalue weighted by Gasteiger charge is -2.18. The predicted molar refractivity (Wildman–Crippen MR) is 86.1 cm³/mol. The SMILES string of the molecule is CCCNC(CSc1cc(C)nn1C)c1ccccc1. The van der Waals surface area contributed by atoms with Gasteiger partial charge in [-0.2, -0.15) is 5.10 Å². The van der Waals surface area contributed by atoms with Crippen molar-refractivity contribution in [3.8, 4) is 0 Å². The number of thioether (sulfide) groups is 1. The van der Waals surface area contributed by atoms with E-state index in [0.717, 1.165) is 24.4 Å². The first kappa shape index (κ1) is 15.1. The van der Waals surface area contributed by atoms with Crippen LogP contribution in [0.5, 0.6) is 0 Å². The largest absolute Gasteiger partial charge is 0.309 e. The first-order valence-electron chi connectivity index (χ1n) is 7.12. The third kappa shape index (κ3) is 4.12. The minimum atomic E-state index is 0.386. The Morgan fingerprint density at radius 2 is 2.05 bits per heavy atom. The van der Waals surface area contributed by atoms with Crippen molar-refractivity contribution in [2.24, 2.45) is 7.05 Å². The Balaban J connectivity index is 2.02. The van der Waals surface area contributed by atoms with E-state index in [9.17, 15) is 0 Å². The molecule has 1 aromatic carbocycles. The van der Waals surface area contributed by atoms with Crippen LogP contribution in [0.1, 0.15) is 30.6 Å². The Morgan fingerprint density at radius 3 is 2.65 bits per heavy atom. The van der Waals surface area contributed by atoms with E-state index >= 15 is 0 Å². The quantitative estimate of drug-likeness (QED) is 0.790. The Kier molecular flexibility index (Phi) is 5.68. The molecule has 1 N–H and O–H groups in total. The fourth-order valence-electron chi connectivity index (χ4n) is 2.17. The number of hydrogen-bond acceptors (Lipinski definition) is 3. The van der Waals surface area contributed by atoms with Gasteiger partial charge in [0.05, 0.1) is 10.7 Å². The van der Waals surface area contributed by atoms with Crippen molar-refractivity contribution < 1.29 is 0 Å². The zero-order valence-corrected chi connectivity index (χ0v) is 13.3. The second kappa shape index (κ2) is 7.50. The molecule has 0 bridgehead atoms. The highest BCUT2D eigenvalue weighted by Crippen LogP contribution is 2.25. The van der Waals surface area contributed by atoms with Gasteiger partial charge in [0.2, 0.25) is 0 Å². The molecule has 4 heteroatoms. The molecule has 1 aromatic heterocycles. The average molecular weight is 289 g/mol. The van der Waals surface area contributed by atoms with Crippen LogP contribution in [-0.2, 0) is 7.05 Å². The Morgan fingerprint density at radius 1 is 1.30 bits per heavy atom. The second-order valence-corrected chi connectivity index (χ2v) is 6.02. The molecule has 108 valence electrons. The molecule has 0 amide bonds. The van der Waals surface area contributed by atoms with Crippen LogP contribution in [0, 0.1) is 6.92 Å². The summed E-state index contributed by atoms with van der Waals surface area (Å²) in [6.45, 7) is 5.28. The highest BCUT2D eigenvalue weighted by atomic mass is 32.2. The molecule has 0 aliphatic rings. The van der Waals surface area contributed by atoms with Crippen molar-refractivity contribution in [3.05, 3.63) is 47.7 Å². The minimum Gasteiger partial charge on any atom is -0.309 e. The van der Waals surface area contributed by atoms with Gasteiger partial charge in [-0.15, -0.1) is 11.8 Å². The van der Waals surface area contributed by atoms with Gasteiger partial charge in [0.25, 0.3) is 0 Å². The molecular weight excluding hydrogens is 266 g/mol. The van der Waals surface area contributed by atoms with Crippen molar-refractivity contribution >= 4 is 11.8 Å². The van der Waals surface area contributed by atoms with E-state index in [-0.39, 0.29) is 0 Å². The van der Waals surface area contributed by atoms with Gasteiger partial charge < -0.3 is 5.32 Å². The minimum absolute atomic E-state index is 0.386. The number of rotatable bonds is 7. The summed E-state index contributed by atoms with van der Waals surface area (Å²) < 4.78 is 1.96. The van der Waals surface area contributed by atoms with E-state index in [0.29, 0.717) is 6.04 Å². The molecule has 0 saturated carbocycles. The summed E-state index contributed by atoms with van der Waals surface area (Å²) in [6.07, 6.45) is 1.15. The number of hydrogen-bond donors (Lipinski definition) is 1. The van der Waals surface area contributed by atoms with Crippen LogP contribution in [-0.4, -0.2) is 22.1 Å². The molecule has 2 rings (SSSR count). The summed E-state index contributed by atoms with van der Waals surface area (Å²) >= 11 is 1.86. The molecule has 1 atom stereocenters. The maximum Gasteiger partial charge on any atom is 0.0939 e. The highest BCUT2D eigenvalue weighted by Gasteiger charge is 2.12. The van der Waals surface area contributed by atoms with Crippen LogP contribution in [0.2, 0.25) is 0 Å². The van der Waals surface area contributed by atoms with Gasteiger partial charge in [0.1, 0.15) is 0 Å². The fourth-order valence-corrected chi connectivity index (χ4v) is 3.30. The predicted octanol–water partition coefficient (Wildman–Crippen LogP) is 3.56. The molecule has 0 aliphatic carbocycles. The first-order valence-corrected chi connectivity index (χ1v) is 8.11. The lowest BCUT2D eigenvalue weighted by molar-refractivity contribution is 0.576. The normalized spacial score (nSPS) is 12.6. The summed E-state index contributed by atoms with van der Waals surface area (Å²) in [5, 5.41) is 9.25. The number of aryl methyl sites for hydroxylation is 2. The lowest BCUT2D eigenvalue weighted by Crippen LogP contribution is -2.24. The molecule has 0 radical (unpaired) electrons. The summed E-state index contributed by atoms with van der Waals surface area (Å²) in [4.78, 5) is 0. The van der Waals surface area contributed by atoms with Gasteiger partial charge in [0.15, 0.2) is 0 Å². The zero-order valence-electron chi connectivity index (χ0n) is 12.5. The molecule has 3 nitrogen and oxygen atoms in total. The summed E-state index contributed by atoms with van der Waals surface area (Å²) in [6, 6.07) is 13.2. The van der Waals surface area contributed by atoms with Crippen molar-refractivity contribution in [2.45, 2.75) is 31.3 Å². The zero-order chi connectivity index (χ0) is 14.4. The molecule has 20 heavy (non-hydrogen) atoms. The lowest BCUT2D eigenvalue weighted by atomic mass is 10.1. The van der Waals surface area contributed by atoms with Crippen LogP contribution < -0.4 is 5.32 Å². The molecule has 1 heterocycles. The van der Waals surface area contributed by atoms with Crippen LogP contribution in [0.15, 0.2) is 41.4 Å². The molecule has 0 saturated heterocycles. The van der Waals surface area contributed by atoms with Crippen molar-refractivity contribution in [1.82, 2.24) is 15.1 Å². The number of aromatic nitrogens is 2. The molecular formula is C16H23N3S. The highest BCUT2D eigenvalue weighted by molar-refractivity contribution is 7.99. The average Bonchev–Trinajstić information content (AvgIpc) is 2.78. The van der Waals surface area contributed by atoms with Crippen molar-refractivity contribution in [2.75, 3.05) is 12.3 Å². The molecule has 0 spiro atoms. The van der Waals surface area contributed by atoms with Crippen LogP contribution in [0.3, 0.4) is 0 Å². The monoisotopic (exact) mass is 289 g/mol. The van der Waals surface area contributed by atoms with E-state index in [4.69, 9.17) is 0 Å². The van der Waals surface area contributed by atoms with Crippen LogP contribution >= 0.6 is 11.8 Å². The molecule has 2 aromatic rings. The molecule has 0 fully saturated rings. The summed E-state index contributed by atoms with van der Waals surface area (Å²) in [5.74, 6) is 1.02. The maximum absolute atomic E-state index is 4.40. The van der Waals surface area contributed by atoms with Gasteiger partial charge in [0, 0.05) is 18.8 Å². The van der Waals surface area contributed by atoms with Crippen molar-refractivity contribution in [3.63, 3.8) is 0 Å². The van der Waals surface area contributed by atoms with Gasteiger partial charge in [-0.25, -0.2) is 0 Å². The third-order valence-electron chi connectivity index (χ3n) is 3.20. The standard InChI is InChI=1S/C16H23N3S/c1-4-10-17-15(14-8-6-5-7-9-14)12-20-16-11-13(2)18-19(16)3/h5-9,11,15,17H,4,10,12H2,1-3H3. The number of nitrogens with zero attached hydrogens (tertiary/aromatic N) is 2. The summed E-state index contributed by atoms with van der Waals surface area (Å²) in [5.41, 5.74) is 2.43. The Hall–Kier alpha value is -1.26. The number of nitrogens with one attached hydrogen (secondary N) is 1. The third-order valence-corrected chi connectivity index (χ3v) is 4.38. The van der Waals surface area contributed by atoms with Gasteiger partial charge >= 0.3 is 0 Å². The van der Waals surface area contributed by atoms with Gasteiger partial charge in [-0.3, -0.25) is 4.68 Å². The van der Waals surface area contributed by atoms with Gasteiger partial charge in [-0.05, 0) is 31.5 Å². The molecule has 1 unspecified atom stereocenters. The smallest absolute Gasteiger partial charge is 0.0939 e. The molecule has 0 aliphatic heterocycles. The fraction of sp³-hybridized carbons (Fsp3) is 0.438. The van der Waals surface area contributed by atoms with Gasteiger partial charge in [-0.1, -0.05) is 37.3 Å². The Labute approximate surface area is 125 Å². The topological polar surface area (TPSA) is 29.9 Å². The second-order valence-electron chi connectivity index (χ2n) is 4.98. The summed E-state index contributed by atoms with van der Waals surface area (Å²) in [7, 11) is 2.01. The van der Waals surface area contributed by atoms with E-state index in [1.807, 2.05) is 30.4 Å². The van der Waals surface area contributed by atoms with Crippen LogP contribution in [0.25, 0.3) is 0 Å². The van der Waals surface area contributed by atoms with E-state index in [1.165, 1.54) is 10.6 Å². The van der Waals surface area contributed by atoms with E-state index in [1.54, 1.807) is 0 Å². The maximum atomic E-state index is 4.40. The first-order chi connectivity index (χ1) is 9.70. The number of benzene rings is 1. The Bertz CT molecular complexity index is 522. The van der Waals surface area contributed by atoms with Crippen molar-refractivity contribution in [1.29, 1.82) is 0 Å². The van der Waals surface area contributed by atoms with E-state index in [2.05, 4.69) is 53.7 Å². The van der Waals surface area contributed by atoms with Crippen LogP contribution in [0.4, 0.5) is 0 Å². The van der Waals surface area contributed by atoms with E-state index < -0.39 is 0 Å².